The Bertz CT molecular complexity index is 672. The van der Waals surface area contributed by atoms with Crippen LogP contribution in [0.1, 0.15) is 22.3 Å². The van der Waals surface area contributed by atoms with Gasteiger partial charge in [0.1, 0.15) is 0 Å². The van der Waals surface area contributed by atoms with E-state index in [1.807, 2.05) is 37.3 Å². The molecule has 1 aromatic carbocycles. The number of thiazole rings is 1. The Morgan fingerprint density at radius 3 is 2.84 bits per heavy atom. The summed E-state index contributed by atoms with van der Waals surface area (Å²) in [6.07, 6.45) is 2.55. The highest BCUT2D eigenvalue weighted by Gasteiger charge is 2.13. The van der Waals surface area contributed by atoms with Crippen molar-refractivity contribution >= 4 is 21.6 Å². The lowest BCUT2D eigenvalue weighted by atomic mass is 10.0. The summed E-state index contributed by atoms with van der Waals surface area (Å²) >= 11 is 1.71. The molecule has 96 valence electrons. The average molecular weight is 269 g/mol. The summed E-state index contributed by atoms with van der Waals surface area (Å²) in [4.78, 5) is 8.91. The quantitative estimate of drug-likeness (QED) is 0.794. The fourth-order valence-corrected chi connectivity index (χ4v) is 3.22. The van der Waals surface area contributed by atoms with Crippen LogP contribution in [0, 0.1) is 6.92 Å². The summed E-state index contributed by atoms with van der Waals surface area (Å²) in [5.41, 5.74) is 9.42. The highest BCUT2D eigenvalue weighted by molar-refractivity contribution is 7.18. The van der Waals surface area contributed by atoms with Gasteiger partial charge in [0.15, 0.2) is 0 Å². The van der Waals surface area contributed by atoms with Gasteiger partial charge < -0.3 is 5.73 Å². The molecule has 19 heavy (non-hydrogen) atoms. The molecule has 2 heterocycles. The zero-order valence-electron chi connectivity index (χ0n) is 10.7. The minimum absolute atomic E-state index is 0.0470. The molecule has 1 unspecified atom stereocenters. The second-order valence-corrected chi connectivity index (χ2v) is 5.68. The number of aromatic nitrogens is 2. The van der Waals surface area contributed by atoms with Crippen molar-refractivity contribution in [3.05, 3.63) is 58.9 Å². The van der Waals surface area contributed by atoms with Crippen molar-refractivity contribution in [1.29, 1.82) is 0 Å². The molecule has 0 bridgehead atoms. The van der Waals surface area contributed by atoms with Gasteiger partial charge in [-0.15, -0.1) is 11.3 Å². The first-order valence-corrected chi connectivity index (χ1v) is 7.07. The van der Waals surface area contributed by atoms with Gasteiger partial charge >= 0.3 is 0 Å². The molecule has 2 aromatic heterocycles. The topological polar surface area (TPSA) is 51.8 Å². The highest BCUT2D eigenvalue weighted by Crippen LogP contribution is 2.25. The van der Waals surface area contributed by atoms with E-state index < -0.39 is 0 Å². The molecule has 0 aliphatic heterocycles. The second-order valence-electron chi connectivity index (χ2n) is 4.56. The van der Waals surface area contributed by atoms with Crippen LogP contribution >= 0.6 is 11.3 Å². The molecule has 3 nitrogen and oxygen atoms in total. The van der Waals surface area contributed by atoms with Crippen LogP contribution in [0.4, 0.5) is 0 Å². The van der Waals surface area contributed by atoms with E-state index in [0.29, 0.717) is 0 Å². The predicted molar refractivity (Wildman–Crippen MR) is 79.2 cm³/mol. The van der Waals surface area contributed by atoms with Gasteiger partial charge in [-0.05, 0) is 30.7 Å². The number of fused-ring (bicyclic) bond motifs is 1. The van der Waals surface area contributed by atoms with E-state index >= 15 is 0 Å². The first kappa shape index (κ1) is 12.3. The Labute approximate surface area is 116 Å². The van der Waals surface area contributed by atoms with E-state index in [0.717, 1.165) is 28.2 Å². The van der Waals surface area contributed by atoms with Crippen molar-refractivity contribution in [3.63, 3.8) is 0 Å². The molecule has 0 radical (unpaired) electrons. The SMILES string of the molecule is Cc1ncccc1C(N)Cc1nc2ccccc2s1. The van der Waals surface area contributed by atoms with Gasteiger partial charge in [-0.1, -0.05) is 18.2 Å². The van der Waals surface area contributed by atoms with Crippen LogP contribution in [-0.2, 0) is 6.42 Å². The van der Waals surface area contributed by atoms with Gasteiger partial charge in [-0.3, -0.25) is 4.98 Å². The van der Waals surface area contributed by atoms with E-state index in [1.54, 1.807) is 17.5 Å². The van der Waals surface area contributed by atoms with Crippen LogP contribution in [0.5, 0.6) is 0 Å². The summed E-state index contributed by atoms with van der Waals surface area (Å²) < 4.78 is 1.22. The van der Waals surface area contributed by atoms with E-state index in [-0.39, 0.29) is 6.04 Å². The number of pyridine rings is 1. The second kappa shape index (κ2) is 5.07. The van der Waals surface area contributed by atoms with Crippen LogP contribution in [0.2, 0.25) is 0 Å². The van der Waals surface area contributed by atoms with E-state index in [1.165, 1.54) is 4.70 Å². The van der Waals surface area contributed by atoms with Crippen LogP contribution in [-0.4, -0.2) is 9.97 Å². The van der Waals surface area contributed by atoms with E-state index in [2.05, 4.69) is 16.0 Å². The maximum Gasteiger partial charge on any atom is 0.0957 e. The molecule has 3 rings (SSSR count). The standard InChI is InChI=1S/C15H15N3S/c1-10-11(5-4-8-17-10)12(16)9-15-18-13-6-2-3-7-14(13)19-15/h2-8,12H,9,16H2,1H3. The summed E-state index contributed by atoms with van der Waals surface area (Å²) in [5.74, 6) is 0. The van der Waals surface area contributed by atoms with Crippen LogP contribution in [0.25, 0.3) is 10.2 Å². The lowest BCUT2D eigenvalue weighted by Gasteiger charge is -2.12. The highest BCUT2D eigenvalue weighted by atomic mass is 32.1. The van der Waals surface area contributed by atoms with Crippen molar-refractivity contribution in [3.8, 4) is 0 Å². The van der Waals surface area contributed by atoms with Crippen molar-refractivity contribution in [2.24, 2.45) is 5.73 Å². The molecule has 0 aliphatic rings. The van der Waals surface area contributed by atoms with Crippen molar-refractivity contribution in [2.45, 2.75) is 19.4 Å². The Balaban J connectivity index is 1.86. The number of rotatable bonds is 3. The number of hydrogen-bond acceptors (Lipinski definition) is 4. The molecule has 0 saturated heterocycles. The summed E-state index contributed by atoms with van der Waals surface area (Å²) in [5, 5.41) is 1.08. The number of para-hydroxylation sites is 1. The minimum Gasteiger partial charge on any atom is -0.324 e. The fourth-order valence-electron chi connectivity index (χ4n) is 2.19. The maximum atomic E-state index is 6.28. The molecule has 0 fully saturated rings. The predicted octanol–water partition coefficient (Wildman–Crippen LogP) is 3.24. The normalized spacial score (nSPS) is 12.7. The third-order valence-electron chi connectivity index (χ3n) is 3.18. The molecular weight excluding hydrogens is 254 g/mol. The number of aryl methyl sites for hydroxylation is 1. The Kier molecular flexibility index (Phi) is 3.27. The van der Waals surface area contributed by atoms with Gasteiger partial charge in [-0.2, -0.15) is 0 Å². The maximum absolute atomic E-state index is 6.28. The molecule has 0 spiro atoms. The van der Waals surface area contributed by atoms with Crippen molar-refractivity contribution in [1.82, 2.24) is 9.97 Å². The van der Waals surface area contributed by atoms with E-state index in [9.17, 15) is 0 Å². The van der Waals surface area contributed by atoms with Crippen molar-refractivity contribution < 1.29 is 0 Å². The van der Waals surface area contributed by atoms with Crippen LogP contribution in [0.15, 0.2) is 42.6 Å². The lowest BCUT2D eigenvalue weighted by Crippen LogP contribution is -2.15. The van der Waals surface area contributed by atoms with Crippen LogP contribution in [0.3, 0.4) is 0 Å². The Hall–Kier alpha value is -1.78. The smallest absolute Gasteiger partial charge is 0.0957 e. The zero-order valence-corrected chi connectivity index (χ0v) is 11.5. The molecule has 3 aromatic rings. The number of hydrogen-bond donors (Lipinski definition) is 1. The third-order valence-corrected chi connectivity index (χ3v) is 4.24. The van der Waals surface area contributed by atoms with Gasteiger partial charge in [-0.25, -0.2) is 4.98 Å². The number of nitrogens with two attached hydrogens (primary N) is 1. The van der Waals surface area contributed by atoms with Gasteiger partial charge in [0, 0.05) is 24.4 Å². The fraction of sp³-hybridized carbons (Fsp3) is 0.200. The first-order chi connectivity index (χ1) is 9.24. The molecule has 0 amide bonds. The van der Waals surface area contributed by atoms with Gasteiger partial charge in [0.2, 0.25) is 0 Å². The molecular formula is C15H15N3S. The Morgan fingerprint density at radius 2 is 2.05 bits per heavy atom. The van der Waals surface area contributed by atoms with Crippen molar-refractivity contribution in [2.75, 3.05) is 0 Å². The number of benzene rings is 1. The van der Waals surface area contributed by atoms with Gasteiger partial charge in [0.05, 0.1) is 15.2 Å². The molecule has 2 N–H and O–H groups in total. The summed E-state index contributed by atoms with van der Waals surface area (Å²) in [6, 6.07) is 12.1. The minimum atomic E-state index is -0.0470. The average Bonchev–Trinajstić information content (AvgIpc) is 2.81. The summed E-state index contributed by atoms with van der Waals surface area (Å²) in [7, 11) is 0. The van der Waals surface area contributed by atoms with Crippen LogP contribution < -0.4 is 5.73 Å². The van der Waals surface area contributed by atoms with E-state index in [4.69, 9.17) is 5.73 Å². The molecule has 0 saturated carbocycles. The number of nitrogens with zero attached hydrogens (tertiary/aromatic N) is 2. The largest absolute Gasteiger partial charge is 0.324 e. The third kappa shape index (κ3) is 2.50. The molecule has 1 atom stereocenters. The molecule has 4 heteroatoms. The molecule has 0 aliphatic carbocycles. The van der Waals surface area contributed by atoms with Gasteiger partial charge in [0.25, 0.3) is 0 Å². The Morgan fingerprint density at radius 1 is 1.21 bits per heavy atom. The lowest BCUT2D eigenvalue weighted by molar-refractivity contribution is 0.708. The summed E-state index contributed by atoms with van der Waals surface area (Å²) in [6.45, 7) is 1.99. The first-order valence-electron chi connectivity index (χ1n) is 6.25. The monoisotopic (exact) mass is 269 g/mol. The zero-order chi connectivity index (χ0) is 13.2.